The summed E-state index contributed by atoms with van der Waals surface area (Å²) in [5.74, 6) is -0.846. The SMILES string of the molecule is O=C(NCC1CCCC1O)c1ccc(Cl)c(F)c1. The molecule has 2 N–H and O–H groups in total. The maximum Gasteiger partial charge on any atom is 0.251 e. The first-order valence-corrected chi connectivity index (χ1v) is 6.37. The van der Waals surface area contributed by atoms with E-state index in [-0.39, 0.29) is 28.5 Å². The Bertz CT molecular complexity index is 453. The van der Waals surface area contributed by atoms with Crippen LogP contribution in [-0.2, 0) is 0 Å². The third-order valence-electron chi connectivity index (χ3n) is 3.33. The third kappa shape index (κ3) is 3.00. The minimum Gasteiger partial charge on any atom is -0.393 e. The Kier molecular flexibility index (Phi) is 4.19. The fourth-order valence-corrected chi connectivity index (χ4v) is 2.34. The number of hydrogen-bond donors (Lipinski definition) is 2. The van der Waals surface area contributed by atoms with Crippen LogP contribution in [0.5, 0.6) is 0 Å². The van der Waals surface area contributed by atoms with Crippen LogP contribution in [0.2, 0.25) is 5.02 Å². The molecule has 1 fully saturated rings. The monoisotopic (exact) mass is 271 g/mol. The molecule has 0 heterocycles. The minimum atomic E-state index is -0.606. The largest absolute Gasteiger partial charge is 0.393 e. The van der Waals surface area contributed by atoms with Gasteiger partial charge in [-0.05, 0) is 31.0 Å². The summed E-state index contributed by atoms with van der Waals surface area (Å²) in [6, 6.07) is 3.95. The first-order valence-electron chi connectivity index (χ1n) is 5.99. The molecule has 5 heteroatoms. The van der Waals surface area contributed by atoms with Crippen molar-refractivity contribution in [2.24, 2.45) is 5.92 Å². The van der Waals surface area contributed by atoms with Crippen molar-refractivity contribution in [3.63, 3.8) is 0 Å². The Labute approximate surface area is 110 Å². The van der Waals surface area contributed by atoms with E-state index in [0.29, 0.717) is 6.54 Å². The summed E-state index contributed by atoms with van der Waals surface area (Å²) in [5.41, 5.74) is 0.240. The van der Waals surface area contributed by atoms with E-state index in [1.54, 1.807) is 0 Å². The van der Waals surface area contributed by atoms with Gasteiger partial charge in [0.15, 0.2) is 0 Å². The van der Waals surface area contributed by atoms with Crippen molar-refractivity contribution in [3.05, 3.63) is 34.6 Å². The van der Waals surface area contributed by atoms with Crippen LogP contribution in [0.25, 0.3) is 0 Å². The van der Waals surface area contributed by atoms with Crippen LogP contribution >= 0.6 is 11.6 Å². The lowest BCUT2D eigenvalue weighted by Gasteiger charge is -2.15. The number of carbonyl (C=O) groups is 1. The Balaban J connectivity index is 1.93. The van der Waals surface area contributed by atoms with Crippen molar-refractivity contribution in [1.82, 2.24) is 5.32 Å². The van der Waals surface area contributed by atoms with Crippen molar-refractivity contribution in [1.29, 1.82) is 0 Å². The summed E-state index contributed by atoms with van der Waals surface area (Å²) in [4.78, 5) is 11.8. The van der Waals surface area contributed by atoms with Gasteiger partial charge >= 0.3 is 0 Å². The minimum absolute atomic E-state index is 0.00207. The highest BCUT2D eigenvalue weighted by atomic mass is 35.5. The molecule has 0 aliphatic heterocycles. The summed E-state index contributed by atoms with van der Waals surface area (Å²) in [7, 11) is 0. The standard InChI is InChI=1S/C13H15ClFNO2/c14-10-5-4-8(6-11(10)15)13(18)16-7-9-2-1-3-12(9)17/h4-6,9,12,17H,1-3,7H2,(H,16,18). The van der Waals surface area contributed by atoms with Crippen LogP contribution in [0, 0.1) is 11.7 Å². The van der Waals surface area contributed by atoms with Gasteiger partial charge in [-0.15, -0.1) is 0 Å². The number of rotatable bonds is 3. The van der Waals surface area contributed by atoms with E-state index < -0.39 is 5.82 Å². The zero-order chi connectivity index (χ0) is 13.1. The number of aliphatic hydroxyl groups excluding tert-OH is 1. The second kappa shape index (κ2) is 5.67. The van der Waals surface area contributed by atoms with E-state index in [4.69, 9.17) is 11.6 Å². The van der Waals surface area contributed by atoms with Crippen LogP contribution < -0.4 is 5.32 Å². The van der Waals surface area contributed by atoms with E-state index in [2.05, 4.69) is 5.32 Å². The molecule has 1 aliphatic carbocycles. The summed E-state index contributed by atoms with van der Waals surface area (Å²) < 4.78 is 13.2. The fourth-order valence-electron chi connectivity index (χ4n) is 2.22. The van der Waals surface area contributed by atoms with Gasteiger partial charge in [0, 0.05) is 18.0 Å². The lowest BCUT2D eigenvalue weighted by molar-refractivity contribution is 0.0916. The van der Waals surface area contributed by atoms with Gasteiger partial charge in [0.1, 0.15) is 5.82 Å². The predicted octanol–water partition coefficient (Wildman–Crippen LogP) is 2.37. The predicted molar refractivity (Wildman–Crippen MR) is 67.1 cm³/mol. The van der Waals surface area contributed by atoms with Gasteiger partial charge in [-0.2, -0.15) is 0 Å². The van der Waals surface area contributed by atoms with Crippen molar-refractivity contribution in [2.75, 3.05) is 6.54 Å². The number of aliphatic hydroxyl groups is 1. The molecule has 1 aliphatic rings. The van der Waals surface area contributed by atoms with E-state index in [1.165, 1.54) is 12.1 Å². The molecule has 1 saturated carbocycles. The van der Waals surface area contributed by atoms with Crippen molar-refractivity contribution in [2.45, 2.75) is 25.4 Å². The molecule has 0 aromatic heterocycles. The Morgan fingerprint density at radius 3 is 2.89 bits per heavy atom. The smallest absolute Gasteiger partial charge is 0.251 e. The van der Waals surface area contributed by atoms with Crippen LogP contribution in [0.4, 0.5) is 4.39 Å². The highest BCUT2D eigenvalue weighted by molar-refractivity contribution is 6.30. The molecule has 3 nitrogen and oxygen atoms in total. The number of hydrogen-bond acceptors (Lipinski definition) is 2. The maximum atomic E-state index is 13.2. The van der Waals surface area contributed by atoms with Crippen LogP contribution in [0.15, 0.2) is 18.2 Å². The lowest BCUT2D eigenvalue weighted by Crippen LogP contribution is -2.32. The van der Waals surface area contributed by atoms with Crippen molar-refractivity contribution < 1.29 is 14.3 Å². The average molecular weight is 272 g/mol. The first-order chi connectivity index (χ1) is 8.58. The van der Waals surface area contributed by atoms with E-state index >= 15 is 0 Å². The van der Waals surface area contributed by atoms with E-state index in [1.807, 2.05) is 0 Å². The highest BCUT2D eigenvalue weighted by Crippen LogP contribution is 2.24. The number of nitrogens with one attached hydrogen (secondary N) is 1. The van der Waals surface area contributed by atoms with E-state index in [0.717, 1.165) is 25.3 Å². The molecule has 2 rings (SSSR count). The zero-order valence-electron chi connectivity index (χ0n) is 9.83. The molecule has 0 radical (unpaired) electrons. The molecule has 0 spiro atoms. The van der Waals surface area contributed by atoms with Crippen molar-refractivity contribution >= 4 is 17.5 Å². The second-order valence-electron chi connectivity index (χ2n) is 4.60. The maximum absolute atomic E-state index is 13.2. The average Bonchev–Trinajstić information content (AvgIpc) is 2.75. The van der Waals surface area contributed by atoms with Gasteiger partial charge in [0.25, 0.3) is 5.91 Å². The van der Waals surface area contributed by atoms with Crippen LogP contribution in [0.1, 0.15) is 29.6 Å². The second-order valence-corrected chi connectivity index (χ2v) is 5.00. The first kappa shape index (κ1) is 13.3. The topological polar surface area (TPSA) is 49.3 Å². The molecule has 18 heavy (non-hydrogen) atoms. The molecular formula is C13H15ClFNO2. The zero-order valence-corrected chi connectivity index (χ0v) is 10.6. The van der Waals surface area contributed by atoms with Gasteiger partial charge in [-0.3, -0.25) is 4.79 Å². The van der Waals surface area contributed by atoms with Gasteiger partial charge in [0.2, 0.25) is 0 Å². The van der Waals surface area contributed by atoms with E-state index in [9.17, 15) is 14.3 Å². The number of halogens is 2. The number of amides is 1. The molecule has 1 aromatic rings. The third-order valence-corrected chi connectivity index (χ3v) is 3.63. The van der Waals surface area contributed by atoms with Crippen molar-refractivity contribution in [3.8, 4) is 0 Å². The van der Waals surface area contributed by atoms with Gasteiger partial charge in [-0.1, -0.05) is 18.0 Å². The van der Waals surface area contributed by atoms with Crippen LogP contribution in [0.3, 0.4) is 0 Å². The summed E-state index contributed by atoms with van der Waals surface area (Å²) in [6.07, 6.45) is 2.34. The highest BCUT2D eigenvalue weighted by Gasteiger charge is 2.25. The van der Waals surface area contributed by atoms with Gasteiger partial charge < -0.3 is 10.4 Å². The molecule has 98 valence electrons. The summed E-state index contributed by atoms with van der Waals surface area (Å²) >= 11 is 5.55. The fraction of sp³-hybridized carbons (Fsp3) is 0.462. The molecule has 1 aromatic carbocycles. The quantitative estimate of drug-likeness (QED) is 0.887. The molecule has 1 amide bonds. The summed E-state index contributed by atoms with van der Waals surface area (Å²) in [6.45, 7) is 0.421. The Morgan fingerprint density at radius 2 is 2.28 bits per heavy atom. The molecular weight excluding hydrogens is 257 g/mol. The van der Waals surface area contributed by atoms with Crippen LogP contribution in [-0.4, -0.2) is 23.7 Å². The molecule has 2 unspecified atom stereocenters. The molecule has 2 atom stereocenters. The molecule has 0 saturated heterocycles. The molecule has 0 bridgehead atoms. The number of carbonyl (C=O) groups excluding carboxylic acids is 1. The Morgan fingerprint density at radius 1 is 1.50 bits per heavy atom. The summed E-state index contributed by atoms with van der Waals surface area (Å²) in [5, 5.41) is 12.3. The van der Waals surface area contributed by atoms with Gasteiger partial charge in [-0.25, -0.2) is 4.39 Å². The normalized spacial score (nSPS) is 23.1. The number of benzene rings is 1. The lowest BCUT2D eigenvalue weighted by atomic mass is 10.1. The van der Waals surface area contributed by atoms with Gasteiger partial charge in [0.05, 0.1) is 11.1 Å². The Hall–Kier alpha value is -1.13.